The Hall–Kier alpha value is -3.60. The fourth-order valence-corrected chi connectivity index (χ4v) is 2.90. The van der Waals surface area contributed by atoms with E-state index in [2.05, 4.69) is 10.3 Å². The second kappa shape index (κ2) is 6.96. The van der Waals surface area contributed by atoms with Gasteiger partial charge in [-0.05, 0) is 55.0 Å². The minimum atomic E-state index is -0.298. The fraction of sp³-hybridized carbons (Fsp3) is 0.0455. The van der Waals surface area contributed by atoms with Gasteiger partial charge < -0.3 is 5.32 Å². The van der Waals surface area contributed by atoms with Crippen LogP contribution in [0.3, 0.4) is 0 Å². The van der Waals surface area contributed by atoms with Gasteiger partial charge in [0.05, 0.1) is 16.9 Å². The predicted molar refractivity (Wildman–Crippen MR) is 104 cm³/mol. The number of aryl methyl sites for hydroxylation is 1. The molecule has 0 unspecified atom stereocenters. The Morgan fingerprint density at radius 3 is 2.67 bits per heavy atom. The van der Waals surface area contributed by atoms with Gasteiger partial charge in [-0.1, -0.05) is 24.3 Å². The SMILES string of the molecule is Cc1cc(-c2ccc3cccc(NC(=O)c4ccccn4)c3n2)ccc1F. The van der Waals surface area contributed by atoms with E-state index in [0.29, 0.717) is 28.2 Å². The van der Waals surface area contributed by atoms with Crippen LogP contribution in [-0.2, 0) is 0 Å². The maximum atomic E-state index is 13.6. The van der Waals surface area contributed by atoms with E-state index in [1.807, 2.05) is 24.3 Å². The van der Waals surface area contributed by atoms with Crippen LogP contribution in [0.15, 0.2) is 72.9 Å². The van der Waals surface area contributed by atoms with Crippen molar-refractivity contribution in [1.29, 1.82) is 0 Å². The van der Waals surface area contributed by atoms with Crippen LogP contribution in [-0.4, -0.2) is 15.9 Å². The zero-order valence-electron chi connectivity index (χ0n) is 14.6. The topological polar surface area (TPSA) is 54.9 Å². The summed E-state index contributed by atoms with van der Waals surface area (Å²) in [6.07, 6.45) is 1.57. The summed E-state index contributed by atoms with van der Waals surface area (Å²) in [7, 11) is 0. The molecule has 0 bridgehead atoms. The lowest BCUT2D eigenvalue weighted by molar-refractivity contribution is 0.102. The van der Waals surface area contributed by atoms with Crippen molar-refractivity contribution in [2.24, 2.45) is 0 Å². The second-order valence-electron chi connectivity index (χ2n) is 6.21. The van der Waals surface area contributed by atoms with E-state index in [4.69, 9.17) is 4.98 Å². The van der Waals surface area contributed by atoms with Gasteiger partial charge in [0.25, 0.3) is 5.91 Å². The Morgan fingerprint density at radius 2 is 1.89 bits per heavy atom. The number of carbonyl (C=O) groups is 1. The van der Waals surface area contributed by atoms with Gasteiger partial charge in [-0.15, -0.1) is 0 Å². The first-order chi connectivity index (χ1) is 13.1. The van der Waals surface area contributed by atoms with Crippen molar-refractivity contribution in [2.45, 2.75) is 6.92 Å². The van der Waals surface area contributed by atoms with Gasteiger partial charge in [-0.3, -0.25) is 9.78 Å². The van der Waals surface area contributed by atoms with Crippen molar-refractivity contribution < 1.29 is 9.18 Å². The summed E-state index contributed by atoms with van der Waals surface area (Å²) in [6.45, 7) is 1.72. The van der Waals surface area contributed by atoms with Gasteiger partial charge in [0.15, 0.2) is 0 Å². The number of nitrogens with one attached hydrogen (secondary N) is 1. The summed E-state index contributed by atoms with van der Waals surface area (Å²) in [6, 6.07) is 19.5. The number of fused-ring (bicyclic) bond motifs is 1. The molecule has 5 heteroatoms. The van der Waals surface area contributed by atoms with Crippen LogP contribution in [0.5, 0.6) is 0 Å². The van der Waals surface area contributed by atoms with Crippen molar-refractivity contribution in [3.8, 4) is 11.3 Å². The van der Waals surface area contributed by atoms with Gasteiger partial charge in [0.2, 0.25) is 0 Å². The van der Waals surface area contributed by atoms with Crippen LogP contribution < -0.4 is 5.32 Å². The molecule has 0 radical (unpaired) electrons. The Kier molecular flexibility index (Phi) is 4.34. The van der Waals surface area contributed by atoms with Gasteiger partial charge in [0.1, 0.15) is 11.5 Å². The van der Waals surface area contributed by atoms with Crippen LogP contribution in [0.25, 0.3) is 22.2 Å². The predicted octanol–water partition coefficient (Wildman–Crippen LogP) is 5.00. The molecule has 0 aliphatic rings. The normalized spacial score (nSPS) is 10.7. The summed E-state index contributed by atoms with van der Waals surface area (Å²) < 4.78 is 13.6. The maximum absolute atomic E-state index is 13.6. The molecule has 2 aromatic heterocycles. The molecule has 1 amide bonds. The zero-order valence-corrected chi connectivity index (χ0v) is 14.6. The third-order valence-corrected chi connectivity index (χ3v) is 4.32. The van der Waals surface area contributed by atoms with Gasteiger partial charge >= 0.3 is 0 Å². The van der Waals surface area contributed by atoms with E-state index in [9.17, 15) is 9.18 Å². The first-order valence-electron chi connectivity index (χ1n) is 8.50. The highest BCUT2D eigenvalue weighted by Crippen LogP contribution is 2.27. The van der Waals surface area contributed by atoms with Crippen LogP contribution >= 0.6 is 0 Å². The number of benzene rings is 2. The van der Waals surface area contributed by atoms with E-state index in [0.717, 1.165) is 10.9 Å². The lowest BCUT2D eigenvalue weighted by Gasteiger charge is -2.10. The molecule has 2 heterocycles. The van der Waals surface area contributed by atoms with Crippen LogP contribution in [0.1, 0.15) is 16.1 Å². The molecule has 132 valence electrons. The molecule has 0 saturated heterocycles. The highest BCUT2D eigenvalue weighted by Gasteiger charge is 2.11. The Labute approximate surface area is 155 Å². The van der Waals surface area contributed by atoms with Crippen molar-refractivity contribution in [2.75, 3.05) is 5.32 Å². The molecule has 0 fully saturated rings. The standard InChI is InChI=1S/C22H16FN3O/c1-14-13-16(8-10-17(14)23)18-11-9-15-5-4-7-19(21(15)25-18)26-22(27)20-6-2-3-12-24-20/h2-13H,1H3,(H,26,27). The third-order valence-electron chi connectivity index (χ3n) is 4.32. The molecule has 4 aromatic rings. The van der Waals surface area contributed by atoms with Crippen LogP contribution in [0.2, 0.25) is 0 Å². The molecule has 2 aromatic carbocycles. The van der Waals surface area contributed by atoms with E-state index in [-0.39, 0.29) is 11.7 Å². The van der Waals surface area contributed by atoms with Crippen LogP contribution in [0.4, 0.5) is 10.1 Å². The highest BCUT2D eigenvalue weighted by atomic mass is 19.1. The van der Waals surface area contributed by atoms with Crippen molar-refractivity contribution in [3.63, 3.8) is 0 Å². The summed E-state index contributed by atoms with van der Waals surface area (Å²) in [5, 5.41) is 3.78. The Balaban J connectivity index is 1.75. The fourth-order valence-electron chi connectivity index (χ4n) is 2.90. The van der Waals surface area contributed by atoms with Gasteiger partial charge in [-0.2, -0.15) is 0 Å². The number of amides is 1. The lowest BCUT2D eigenvalue weighted by atomic mass is 10.1. The number of rotatable bonds is 3. The highest BCUT2D eigenvalue weighted by molar-refractivity contribution is 6.07. The number of para-hydroxylation sites is 1. The first kappa shape index (κ1) is 16.8. The maximum Gasteiger partial charge on any atom is 0.274 e. The largest absolute Gasteiger partial charge is 0.319 e. The average Bonchev–Trinajstić information content (AvgIpc) is 2.70. The number of anilines is 1. The first-order valence-corrected chi connectivity index (χ1v) is 8.50. The zero-order chi connectivity index (χ0) is 18.8. The Bertz CT molecular complexity index is 1140. The smallest absolute Gasteiger partial charge is 0.274 e. The Morgan fingerprint density at radius 1 is 1.00 bits per heavy atom. The van der Waals surface area contributed by atoms with E-state index in [1.165, 1.54) is 6.07 Å². The van der Waals surface area contributed by atoms with Gasteiger partial charge in [0, 0.05) is 17.1 Å². The minimum Gasteiger partial charge on any atom is -0.319 e. The summed E-state index contributed by atoms with van der Waals surface area (Å²) in [4.78, 5) is 21.2. The number of aromatic nitrogens is 2. The van der Waals surface area contributed by atoms with E-state index in [1.54, 1.807) is 49.5 Å². The van der Waals surface area contributed by atoms with Gasteiger partial charge in [-0.25, -0.2) is 9.37 Å². The molecule has 0 aliphatic carbocycles. The molecule has 27 heavy (non-hydrogen) atoms. The summed E-state index contributed by atoms with van der Waals surface area (Å²) in [5.41, 5.74) is 3.70. The van der Waals surface area contributed by atoms with E-state index >= 15 is 0 Å². The molecule has 0 atom stereocenters. The number of hydrogen-bond donors (Lipinski definition) is 1. The molecular formula is C22H16FN3O. The molecule has 4 rings (SSSR count). The molecular weight excluding hydrogens is 341 g/mol. The average molecular weight is 357 g/mol. The lowest BCUT2D eigenvalue weighted by Crippen LogP contribution is -2.13. The number of halogens is 1. The molecule has 1 N–H and O–H groups in total. The number of hydrogen-bond acceptors (Lipinski definition) is 3. The monoisotopic (exact) mass is 357 g/mol. The third kappa shape index (κ3) is 3.40. The number of nitrogens with zero attached hydrogens (tertiary/aromatic N) is 2. The van der Waals surface area contributed by atoms with E-state index < -0.39 is 0 Å². The molecule has 0 spiro atoms. The number of carbonyl (C=O) groups excluding carboxylic acids is 1. The summed E-state index contributed by atoms with van der Waals surface area (Å²) >= 11 is 0. The minimum absolute atomic E-state index is 0.247. The molecule has 4 nitrogen and oxygen atoms in total. The molecule has 0 aliphatic heterocycles. The van der Waals surface area contributed by atoms with Crippen molar-refractivity contribution in [1.82, 2.24) is 9.97 Å². The quantitative estimate of drug-likeness (QED) is 0.561. The van der Waals surface area contributed by atoms with Crippen LogP contribution in [0, 0.1) is 12.7 Å². The van der Waals surface area contributed by atoms with Crippen molar-refractivity contribution in [3.05, 3.63) is 90.0 Å². The number of pyridine rings is 2. The molecule has 0 saturated carbocycles. The summed E-state index contributed by atoms with van der Waals surface area (Å²) in [5.74, 6) is -0.546. The van der Waals surface area contributed by atoms with Crippen molar-refractivity contribution >= 4 is 22.5 Å². The second-order valence-corrected chi connectivity index (χ2v) is 6.21.